The molecule has 0 radical (unpaired) electrons. The molecule has 112 valence electrons. The van der Waals surface area contributed by atoms with Crippen molar-refractivity contribution in [2.75, 3.05) is 19.6 Å². The van der Waals surface area contributed by atoms with Gasteiger partial charge >= 0.3 is 0 Å². The van der Waals surface area contributed by atoms with Crippen molar-refractivity contribution in [1.29, 1.82) is 0 Å². The number of nitrogens with zero attached hydrogens (tertiary/aromatic N) is 1. The van der Waals surface area contributed by atoms with Crippen LogP contribution < -0.4 is 0 Å². The monoisotopic (exact) mass is 267 g/mol. The van der Waals surface area contributed by atoms with Gasteiger partial charge in [0.15, 0.2) is 0 Å². The van der Waals surface area contributed by atoms with Gasteiger partial charge in [-0.15, -0.1) is 0 Å². The largest absolute Gasteiger partial charge is 0.393 e. The van der Waals surface area contributed by atoms with Crippen LogP contribution in [0.2, 0.25) is 0 Å². The molecule has 2 fully saturated rings. The van der Waals surface area contributed by atoms with Crippen molar-refractivity contribution in [2.24, 2.45) is 11.3 Å². The first-order valence-corrected chi connectivity index (χ1v) is 8.59. The summed E-state index contributed by atoms with van der Waals surface area (Å²) in [6.45, 7) is 8.36. The van der Waals surface area contributed by atoms with Crippen LogP contribution in [0.3, 0.4) is 0 Å². The van der Waals surface area contributed by atoms with Crippen molar-refractivity contribution in [3.05, 3.63) is 0 Å². The average molecular weight is 267 g/mol. The number of likely N-dealkylation sites (tertiary alicyclic amines) is 1. The fourth-order valence-corrected chi connectivity index (χ4v) is 4.08. The predicted octanol–water partition coefficient (Wildman–Crippen LogP) is 3.83. The SMILES string of the molecule is CCC1(CC)CCN(CC2CCCCCC2O)CC1. The molecule has 0 aromatic rings. The molecule has 2 atom stereocenters. The van der Waals surface area contributed by atoms with Crippen molar-refractivity contribution < 1.29 is 5.11 Å². The van der Waals surface area contributed by atoms with Gasteiger partial charge in [-0.3, -0.25) is 0 Å². The van der Waals surface area contributed by atoms with Crippen molar-refractivity contribution in [2.45, 2.75) is 77.7 Å². The lowest BCUT2D eigenvalue weighted by Gasteiger charge is -2.42. The third kappa shape index (κ3) is 3.95. The molecule has 2 rings (SSSR count). The molecule has 2 unspecified atom stereocenters. The van der Waals surface area contributed by atoms with Gasteiger partial charge in [-0.05, 0) is 50.1 Å². The molecule has 0 aromatic heterocycles. The number of hydrogen-bond donors (Lipinski definition) is 1. The Morgan fingerprint density at radius 1 is 1.00 bits per heavy atom. The van der Waals surface area contributed by atoms with Gasteiger partial charge < -0.3 is 10.0 Å². The highest BCUT2D eigenvalue weighted by Crippen LogP contribution is 2.38. The van der Waals surface area contributed by atoms with Crippen molar-refractivity contribution in [3.63, 3.8) is 0 Å². The zero-order valence-corrected chi connectivity index (χ0v) is 13.0. The maximum atomic E-state index is 10.2. The molecule has 1 saturated carbocycles. The number of rotatable bonds is 4. The average Bonchev–Trinajstić information content (AvgIpc) is 2.65. The van der Waals surface area contributed by atoms with Crippen molar-refractivity contribution in [1.82, 2.24) is 4.90 Å². The molecule has 0 spiro atoms. The molecule has 0 aromatic carbocycles. The Labute approximate surface area is 119 Å². The first kappa shape index (κ1) is 15.3. The van der Waals surface area contributed by atoms with E-state index in [-0.39, 0.29) is 6.10 Å². The van der Waals surface area contributed by atoms with E-state index in [9.17, 15) is 5.11 Å². The Morgan fingerprint density at radius 3 is 2.26 bits per heavy atom. The molecule has 1 heterocycles. The first-order chi connectivity index (χ1) is 9.19. The molecule has 0 amide bonds. The van der Waals surface area contributed by atoms with Crippen LogP contribution in [0.25, 0.3) is 0 Å². The highest BCUT2D eigenvalue weighted by Gasteiger charge is 2.32. The lowest BCUT2D eigenvalue weighted by Crippen LogP contribution is -2.43. The molecule has 2 nitrogen and oxygen atoms in total. The van der Waals surface area contributed by atoms with E-state index in [0.717, 1.165) is 13.0 Å². The van der Waals surface area contributed by atoms with E-state index in [2.05, 4.69) is 18.7 Å². The van der Waals surface area contributed by atoms with Gasteiger partial charge in [-0.2, -0.15) is 0 Å². The lowest BCUT2D eigenvalue weighted by atomic mass is 9.74. The van der Waals surface area contributed by atoms with E-state index in [4.69, 9.17) is 0 Å². The van der Waals surface area contributed by atoms with Crippen LogP contribution in [0.5, 0.6) is 0 Å². The molecule has 1 N–H and O–H groups in total. The van der Waals surface area contributed by atoms with E-state index in [1.807, 2.05) is 0 Å². The van der Waals surface area contributed by atoms with Gasteiger partial charge in [0.05, 0.1) is 6.10 Å². The van der Waals surface area contributed by atoms with Crippen LogP contribution in [0.15, 0.2) is 0 Å². The second-order valence-corrected chi connectivity index (χ2v) is 6.97. The molecule has 0 bridgehead atoms. The van der Waals surface area contributed by atoms with Crippen LogP contribution in [0.4, 0.5) is 0 Å². The van der Waals surface area contributed by atoms with Gasteiger partial charge in [0.1, 0.15) is 0 Å². The Balaban J connectivity index is 1.81. The normalized spacial score (nSPS) is 33.0. The standard InChI is InChI=1S/C17H33NO/c1-3-17(4-2)10-12-18(13-11-17)14-15-8-6-5-7-9-16(15)19/h15-16,19H,3-14H2,1-2H3. The Hall–Kier alpha value is -0.0800. The molecule has 2 heteroatoms. The highest BCUT2D eigenvalue weighted by atomic mass is 16.3. The fraction of sp³-hybridized carbons (Fsp3) is 1.00. The minimum Gasteiger partial charge on any atom is -0.393 e. The van der Waals surface area contributed by atoms with Gasteiger partial charge in [0.25, 0.3) is 0 Å². The van der Waals surface area contributed by atoms with Gasteiger partial charge in [0, 0.05) is 6.54 Å². The molecular formula is C17H33NO. The Bertz CT molecular complexity index is 252. The van der Waals surface area contributed by atoms with Gasteiger partial charge in [0.2, 0.25) is 0 Å². The molecule has 2 aliphatic rings. The Morgan fingerprint density at radius 2 is 1.63 bits per heavy atom. The first-order valence-electron chi connectivity index (χ1n) is 8.59. The summed E-state index contributed by atoms with van der Waals surface area (Å²) in [5, 5.41) is 10.2. The summed E-state index contributed by atoms with van der Waals surface area (Å²) in [6.07, 6.45) is 11.5. The third-order valence-electron chi connectivity index (χ3n) is 6.03. The van der Waals surface area contributed by atoms with E-state index in [0.29, 0.717) is 11.3 Å². The third-order valence-corrected chi connectivity index (χ3v) is 6.03. The van der Waals surface area contributed by atoms with E-state index < -0.39 is 0 Å². The highest BCUT2D eigenvalue weighted by molar-refractivity contribution is 4.86. The van der Waals surface area contributed by atoms with Crippen molar-refractivity contribution >= 4 is 0 Å². The summed E-state index contributed by atoms with van der Waals surface area (Å²) in [4.78, 5) is 2.63. The maximum Gasteiger partial charge on any atom is 0.0580 e. The molecule has 1 aliphatic carbocycles. The van der Waals surface area contributed by atoms with Crippen LogP contribution in [0, 0.1) is 11.3 Å². The molecule has 1 aliphatic heterocycles. The van der Waals surface area contributed by atoms with Crippen molar-refractivity contribution in [3.8, 4) is 0 Å². The summed E-state index contributed by atoms with van der Waals surface area (Å²) in [5.74, 6) is 0.540. The molecule has 19 heavy (non-hydrogen) atoms. The van der Waals surface area contributed by atoms with E-state index in [1.54, 1.807) is 0 Å². The second kappa shape index (κ2) is 7.08. The minimum absolute atomic E-state index is 0.0356. The molecule has 1 saturated heterocycles. The summed E-state index contributed by atoms with van der Waals surface area (Å²) >= 11 is 0. The Kier molecular flexibility index (Phi) is 5.70. The smallest absolute Gasteiger partial charge is 0.0580 e. The number of hydrogen-bond acceptors (Lipinski definition) is 2. The number of aliphatic hydroxyl groups is 1. The summed E-state index contributed by atoms with van der Waals surface area (Å²) in [7, 11) is 0. The van der Waals surface area contributed by atoms with E-state index in [1.165, 1.54) is 64.5 Å². The quantitative estimate of drug-likeness (QED) is 0.783. The summed E-state index contributed by atoms with van der Waals surface area (Å²) in [5.41, 5.74) is 0.624. The minimum atomic E-state index is -0.0356. The van der Waals surface area contributed by atoms with E-state index >= 15 is 0 Å². The topological polar surface area (TPSA) is 23.5 Å². The predicted molar refractivity (Wildman–Crippen MR) is 81.3 cm³/mol. The van der Waals surface area contributed by atoms with Crippen LogP contribution in [-0.2, 0) is 0 Å². The second-order valence-electron chi connectivity index (χ2n) is 6.97. The number of piperidine rings is 1. The van der Waals surface area contributed by atoms with Crippen LogP contribution in [-0.4, -0.2) is 35.7 Å². The van der Waals surface area contributed by atoms with Crippen LogP contribution >= 0.6 is 0 Å². The lowest BCUT2D eigenvalue weighted by molar-refractivity contribution is 0.0418. The van der Waals surface area contributed by atoms with Gasteiger partial charge in [-0.1, -0.05) is 46.0 Å². The fourth-order valence-electron chi connectivity index (χ4n) is 4.08. The van der Waals surface area contributed by atoms with Crippen LogP contribution in [0.1, 0.15) is 71.6 Å². The molecular weight excluding hydrogens is 234 g/mol. The zero-order chi connectivity index (χ0) is 13.7. The van der Waals surface area contributed by atoms with Gasteiger partial charge in [-0.25, -0.2) is 0 Å². The number of aliphatic hydroxyl groups excluding tert-OH is 1. The summed E-state index contributed by atoms with van der Waals surface area (Å²) in [6, 6.07) is 0. The summed E-state index contributed by atoms with van der Waals surface area (Å²) < 4.78 is 0. The maximum absolute atomic E-state index is 10.2. The zero-order valence-electron chi connectivity index (χ0n) is 13.0.